The van der Waals surface area contributed by atoms with Gasteiger partial charge in [-0.25, -0.2) is 0 Å². The van der Waals surface area contributed by atoms with E-state index in [1.165, 1.54) is 16.0 Å². The maximum absolute atomic E-state index is 13.4. The molecule has 2 nitrogen and oxygen atoms in total. The largest absolute Gasteiger partial charge is 0.301 e. The maximum atomic E-state index is 13.4. The number of aryl methyl sites for hydroxylation is 2. The number of rotatable bonds is 2. The van der Waals surface area contributed by atoms with Gasteiger partial charge in [0.15, 0.2) is 0 Å². The monoisotopic (exact) mass is 417 g/mol. The molecule has 0 saturated carbocycles. The zero-order chi connectivity index (χ0) is 18.6. The Morgan fingerprint density at radius 2 is 1.92 bits per heavy atom. The van der Waals surface area contributed by atoms with Crippen LogP contribution < -0.4 is 4.90 Å². The van der Waals surface area contributed by atoms with E-state index in [1.807, 2.05) is 22.4 Å². The Bertz CT molecular complexity index is 1060. The third kappa shape index (κ3) is 2.71. The van der Waals surface area contributed by atoms with Gasteiger partial charge in [0.1, 0.15) is 3.82 Å². The number of nitrogens with zero attached hydrogens (tertiary/aromatic N) is 1. The lowest BCUT2D eigenvalue weighted by atomic mass is 9.85. The van der Waals surface area contributed by atoms with Crippen molar-refractivity contribution in [2.75, 3.05) is 4.90 Å². The molecule has 1 aliphatic rings. The van der Waals surface area contributed by atoms with Gasteiger partial charge in [-0.1, -0.05) is 39.0 Å². The summed E-state index contributed by atoms with van der Waals surface area (Å²) >= 11 is 7.28. The zero-order valence-electron chi connectivity index (χ0n) is 15.1. The van der Waals surface area contributed by atoms with Crippen LogP contribution in [0, 0.1) is 17.7 Å². The average Bonchev–Trinajstić information content (AvgIpc) is 3.20. The number of hydrogen-bond donors (Lipinski definition) is 0. The van der Waals surface area contributed by atoms with Crippen LogP contribution in [0.5, 0.6) is 0 Å². The molecule has 3 heterocycles. The van der Waals surface area contributed by atoms with Crippen molar-refractivity contribution >= 4 is 55.8 Å². The molecule has 3 aromatic rings. The van der Waals surface area contributed by atoms with Gasteiger partial charge in [-0.05, 0) is 62.4 Å². The lowest BCUT2D eigenvalue weighted by Crippen LogP contribution is -2.48. The summed E-state index contributed by atoms with van der Waals surface area (Å²) in [5.41, 5.74) is 5.26. The lowest BCUT2D eigenvalue weighted by molar-refractivity contribution is -0.119. The van der Waals surface area contributed by atoms with Gasteiger partial charge in [-0.15, -0.1) is 11.3 Å². The molecule has 0 saturated heterocycles. The van der Waals surface area contributed by atoms with Crippen LogP contribution in [0.15, 0.2) is 29.6 Å². The van der Waals surface area contributed by atoms with Crippen molar-refractivity contribution in [3.63, 3.8) is 0 Å². The molecule has 0 atom stereocenters. The fourth-order valence-electron chi connectivity index (χ4n) is 3.57. The van der Waals surface area contributed by atoms with Crippen LogP contribution in [0.1, 0.15) is 34.7 Å². The number of hydrogen-bond acceptors (Lipinski definition) is 5. The van der Waals surface area contributed by atoms with E-state index in [4.69, 9.17) is 12.2 Å². The zero-order valence-corrected chi connectivity index (χ0v) is 18.3. The van der Waals surface area contributed by atoms with Crippen molar-refractivity contribution in [1.29, 1.82) is 0 Å². The summed E-state index contributed by atoms with van der Waals surface area (Å²) in [6.07, 6.45) is 0.429. The second kappa shape index (κ2) is 6.37. The van der Waals surface area contributed by atoms with E-state index in [1.54, 1.807) is 32.0 Å². The van der Waals surface area contributed by atoms with Gasteiger partial charge in [-0.2, -0.15) is 0 Å². The fraction of sp³-hybridized carbons (Fsp3) is 0.300. The second-order valence-electron chi connectivity index (χ2n) is 7.16. The van der Waals surface area contributed by atoms with Crippen LogP contribution >= 0.6 is 44.2 Å². The van der Waals surface area contributed by atoms with Crippen molar-refractivity contribution in [2.45, 2.75) is 39.7 Å². The third-order valence-corrected chi connectivity index (χ3v) is 9.23. The molecule has 2 aromatic heterocycles. The minimum absolute atomic E-state index is 0.136. The molecule has 4 rings (SSSR count). The number of carbonyl (C=O) groups is 1. The van der Waals surface area contributed by atoms with E-state index < -0.39 is 5.54 Å². The number of fused-ring (bicyclic) bond motifs is 3. The first-order chi connectivity index (χ1) is 12.3. The van der Waals surface area contributed by atoms with Crippen molar-refractivity contribution < 1.29 is 4.79 Å². The third-order valence-electron chi connectivity index (χ3n) is 5.02. The summed E-state index contributed by atoms with van der Waals surface area (Å²) in [6.45, 7) is 8.49. The summed E-state index contributed by atoms with van der Waals surface area (Å²) in [5, 5.41) is 2.02. The Hall–Kier alpha value is -1.34. The molecule has 26 heavy (non-hydrogen) atoms. The number of benzene rings is 1. The summed E-state index contributed by atoms with van der Waals surface area (Å²) in [6, 6.07) is 8.37. The molecule has 0 unspecified atom stereocenters. The predicted molar refractivity (Wildman–Crippen MR) is 116 cm³/mol. The van der Waals surface area contributed by atoms with Crippen LogP contribution in [-0.2, 0) is 16.8 Å². The Labute approximate surface area is 170 Å². The molecule has 0 N–H and O–H groups in total. The van der Waals surface area contributed by atoms with Gasteiger partial charge in [0.05, 0.1) is 22.5 Å². The first-order valence-corrected chi connectivity index (χ1v) is 11.8. The van der Waals surface area contributed by atoms with Crippen LogP contribution in [0.4, 0.5) is 5.69 Å². The molecule has 1 amide bonds. The van der Waals surface area contributed by atoms with E-state index >= 15 is 0 Å². The van der Waals surface area contributed by atoms with Gasteiger partial charge < -0.3 is 4.90 Å². The van der Waals surface area contributed by atoms with E-state index in [-0.39, 0.29) is 5.91 Å². The quantitative estimate of drug-likeness (QED) is 0.341. The van der Waals surface area contributed by atoms with E-state index in [9.17, 15) is 4.79 Å². The number of anilines is 1. The topological polar surface area (TPSA) is 20.3 Å². The van der Waals surface area contributed by atoms with Gasteiger partial charge >= 0.3 is 0 Å². The molecule has 0 spiro atoms. The van der Waals surface area contributed by atoms with Gasteiger partial charge in [0.25, 0.3) is 0 Å². The molecule has 0 radical (unpaired) electrons. The molecule has 6 heteroatoms. The molecule has 0 aliphatic carbocycles. The van der Waals surface area contributed by atoms with Gasteiger partial charge in [-0.3, -0.25) is 4.79 Å². The highest BCUT2D eigenvalue weighted by atomic mass is 32.9. The Balaban J connectivity index is 1.93. The van der Waals surface area contributed by atoms with Gasteiger partial charge in [0.2, 0.25) is 5.91 Å². The number of carbonyl (C=O) groups excluding carboxylic acids is 1. The highest BCUT2D eigenvalue weighted by molar-refractivity contribution is 7.80. The number of amides is 1. The van der Waals surface area contributed by atoms with E-state index in [0.717, 1.165) is 25.5 Å². The van der Waals surface area contributed by atoms with E-state index in [2.05, 4.69) is 39.8 Å². The van der Waals surface area contributed by atoms with Gasteiger partial charge in [0, 0.05) is 16.0 Å². The summed E-state index contributed by atoms with van der Waals surface area (Å²) in [5.74, 6) is 0.136. The van der Waals surface area contributed by atoms with Crippen LogP contribution in [0.3, 0.4) is 0 Å². The van der Waals surface area contributed by atoms with Crippen molar-refractivity contribution in [2.24, 2.45) is 0 Å². The van der Waals surface area contributed by atoms with Crippen molar-refractivity contribution in [3.05, 3.63) is 54.4 Å². The van der Waals surface area contributed by atoms with Crippen LogP contribution in [0.25, 0.3) is 11.1 Å². The van der Waals surface area contributed by atoms with Crippen molar-refractivity contribution in [1.82, 2.24) is 0 Å². The van der Waals surface area contributed by atoms with Crippen molar-refractivity contribution in [3.8, 4) is 11.1 Å². The minimum atomic E-state index is -0.406. The average molecular weight is 418 g/mol. The predicted octanol–water partition coefficient (Wildman–Crippen LogP) is 6.71. The molecule has 134 valence electrons. The van der Waals surface area contributed by atoms with Crippen LogP contribution in [-0.4, -0.2) is 5.91 Å². The summed E-state index contributed by atoms with van der Waals surface area (Å²) in [7, 11) is 3.34. The molecular formula is C20H19NOS4. The molecule has 1 aliphatic heterocycles. The normalized spacial score (nSPS) is 14.8. The molecular weight excluding hydrogens is 398 g/mol. The smallest absolute Gasteiger partial charge is 0.233 e. The Kier molecular flexibility index (Phi) is 4.42. The summed E-state index contributed by atoms with van der Waals surface area (Å²) in [4.78, 5) is 17.7. The second-order valence-corrected chi connectivity index (χ2v) is 11.0. The SMILES string of the molecule is Cc1cc2c(cc1C)N(C(=O)Cc1cccs1)C(C)(C)c1ssc(=S)c1-2. The number of thiophene rings is 1. The van der Waals surface area contributed by atoms with Crippen LogP contribution in [0.2, 0.25) is 0 Å². The minimum Gasteiger partial charge on any atom is -0.301 e. The standard InChI is InChI=1S/C20H19NOS4/c1-11-8-14-15(9-12(11)2)21(16(22)10-13-6-5-7-24-13)20(3,4)18-17(14)19(23)26-25-18/h5-9H,10H2,1-4H3. The molecule has 1 aromatic carbocycles. The highest BCUT2D eigenvalue weighted by Gasteiger charge is 2.43. The fourth-order valence-corrected chi connectivity index (χ4v) is 7.55. The van der Waals surface area contributed by atoms with E-state index in [0.29, 0.717) is 6.42 Å². The molecule has 0 bridgehead atoms. The first kappa shape index (κ1) is 18.0. The lowest BCUT2D eigenvalue weighted by Gasteiger charge is -2.43. The summed E-state index contributed by atoms with van der Waals surface area (Å²) < 4.78 is 0.924. The first-order valence-electron chi connectivity index (χ1n) is 8.41. The Morgan fingerprint density at radius 1 is 1.19 bits per heavy atom. The highest BCUT2D eigenvalue weighted by Crippen LogP contribution is 2.52. The molecule has 0 fully saturated rings. The maximum Gasteiger partial charge on any atom is 0.233 e. The Morgan fingerprint density at radius 3 is 2.62 bits per heavy atom.